The Morgan fingerprint density at radius 1 is 1.25 bits per heavy atom. The molecule has 1 fully saturated rings. The van der Waals surface area contributed by atoms with Crippen LogP contribution in [0.15, 0.2) is 18.5 Å². The first-order valence-corrected chi connectivity index (χ1v) is 8.88. The lowest BCUT2D eigenvalue weighted by Gasteiger charge is -2.23. The van der Waals surface area contributed by atoms with Gasteiger partial charge in [-0.3, -0.25) is 4.79 Å². The van der Waals surface area contributed by atoms with Crippen LogP contribution in [0.2, 0.25) is 5.02 Å². The second-order valence-corrected chi connectivity index (χ2v) is 6.61. The van der Waals surface area contributed by atoms with Crippen LogP contribution in [-0.4, -0.2) is 41.1 Å². The number of ether oxygens (including phenoxy) is 1. The van der Waals surface area contributed by atoms with Crippen molar-refractivity contribution in [3.8, 4) is 11.3 Å². The van der Waals surface area contributed by atoms with E-state index in [0.717, 1.165) is 19.0 Å². The first-order chi connectivity index (χ1) is 13.4. The molecule has 2 aromatic rings. The van der Waals surface area contributed by atoms with Crippen LogP contribution in [0.3, 0.4) is 0 Å². The average molecular weight is 416 g/mol. The molecule has 150 valence electrons. The van der Waals surface area contributed by atoms with Crippen molar-refractivity contribution in [2.75, 3.05) is 30.4 Å². The fourth-order valence-electron chi connectivity index (χ4n) is 2.82. The molecule has 11 heteroatoms. The van der Waals surface area contributed by atoms with Crippen LogP contribution >= 0.6 is 11.6 Å². The van der Waals surface area contributed by atoms with Gasteiger partial charge in [0.15, 0.2) is 11.5 Å². The summed E-state index contributed by atoms with van der Waals surface area (Å²) in [5.74, 6) is 0.00952. The Morgan fingerprint density at radius 2 is 2.00 bits per heavy atom. The van der Waals surface area contributed by atoms with Crippen molar-refractivity contribution in [1.82, 2.24) is 15.0 Å². The maximum Gasteiger partial charge on any atom is 0.437 e. The molecule has 0 radical (unpaired) electrons. The number of alkyl halides is 3. The van der Waals surface area contributed by atoms with Crippen molar-refractivity contribution in [2.24, 2.45) is 5.92 Å². The Morgan fingerprint density at radius 3 is 2.68 bits per heavy atom. The summed E-state index contributed by atoms with van der Waals surface area (Å²) in [6.07, 6.45) is -0.433. The zero-order chi connectivity index (χ0) is 20.1. The minimum absolute atomic E-state index is 0.129. The second-order valence-electron chi connectivity index (χ2n) is 6.20. The number of carbonyl (C=O) groups is 1. The molecular weight excluding hydrogens is 399 g/mol. The van der Waals surface area contributed by atoms with Crippen LogP contribution in [0.5, 0.6) is 0 Å². The number of rotatable bonds is 6. The van der Waals surface area contributed by atoms with Crippen LogP contribution in [0, 0.1) is 5.92 Å². The molecule has 1 amide bonds. The molecule has 7 nitrogen and oxygen atoms in total. The van der Waals surface area contributed by atoms with E-state index in [-0.39, 0.29) is 28.3 Å². The van der Waals surface area contributed by atoms with Gasteiger partial charge >= 0.3 is 6.18 Å². The van der Waals surface area contributed by atoms with Crippen LogP contribution < -0.4 is 10.6 Å². The van der Waals surface area contributed by atoms with Gasteiger partial charge in [-0.05, 0) is 24.8 Å². The van der Waals surface area contributed by atoms with Crippen LogP contribution in [0.4, 0.5) is 24.8 Å². The van der Waals surface area contributed by atoms with Gasteiger partial charge in [0, 0.05) is 31.5 Å². The van der Waals surface area contributed by atoms with E-state index >= 15 is 0 Å². The van der Waals surface area contributed by atoms with Crippen molar-refractivity contribution in [2.45, 2.75) is 19.0 Å². The average Bonchev–Trinajstić information content (AvgIpc) is 2.68. The van der Waals surface area contributed by atoms with Gasteiger partial charge in [-0.25, -0.2) is 15.0 Å². The molecule has 2 aromatic heterocycles. The Bertz CT molecular complexity index is 844. The molecule has 3 rings (SSSR count). The number of nitrogens with zero attached hydrogens (tertiary/aromatic N) is 3. The molecule has 0 saturated carbocycles. The minimum Gasteiger partial charge on any atom is -0.381 e. The number of aromatic nitrogens is 3. The fourth-order valence-corrected chi connectivity index (χ4v) is 3.02. The van der Waals surface area contributed by atoms with E-state index in [1.807, 2.05) is 0 Å². The number of hydrogen-bond donors (Lipinski definition) is 2. The Hall–Kier alpha value is -2.46. The third-order valence-electron chi connectivity index (χ3n) is 4.28. The first-order valence-electron chi connectivity index (χ1n) is 8.50. The second kappa shape index (κ2) is 8.70. The standard InChI is InChI=1S/C17H17ClF3N5O2/c18-12-7-22-14(25-9-27)5-11(12)13-8-23-15(17(19,20)21)16(26-13)24-6-10-1-3-28-4-2-10/h5,7-10H,1-4,6H2,(H,24,26)(H,22,25,27). The lowest BCUT2D eigenvalue weighted by molar-refractivity contribution is -0.140. The van der Waals surface area contributed by atoms with Crippen molar-refractivity contribution < 1.29 is 22.7 Å². The third kappa shape index (κ3) is 4.87. The Kier molecular flexibility index (Phi) is 6.30. The van der Waals surface area contributed by atoms with Gasteiger partial charge in [0.05, 0.1) is 16.9 Å². The van der Waals surface area contributed by atoms with E-state index in [0.29, 0.717) is 31.7 Å². The highest BCUT2D eigenvalue weighted by Gasteiger charge is 2.37. The zero-order valence-electron chi connectivity index (χ0n) is 14.6. The molecule has 1 aliphatic heterocycles. The Balaban J connectivity index is 1.93. The van der Waals surface area contributed by atoms with Crippen molar-refractivity contribution >= 4 is 29.6 Å². The number of anilines is 2. The lowest BCUT2D eigenvalue weighted by atomic mass is 10.0. The van der Waals surface area contributed by atoms with Gasteiger partial charge in [-0.1, -0.05) is 11.6 Å². The minimum atomic E-state index is -4.66. The van der Waals surface area contributed by atoms with Gasteiger partial charge in [-0.2, -0.15) is 13.2 Å². The number of pyridine rings is 1. The molecule has 0 atom stereocenters. The smallest absolute Gasteiger partial charge is 0.381 e. The first kappa shape index (κ1) is 20.3. The number of hydrogen-bond acceptors (Lipinski definition) is 6. The highest BCUT2D eigenvalue weighted by molar-refractivity contribution is 6.33. The molecule has 0 unspecified atom stereocenters. The largest absolute Gasteiger partial charge is 0.437 e. The maximum atomic E-state index is 13.3. The van der Waals surface area contributed by atoms with Crippen molar-refractivity contribution in [3.63, 3.8) is 0 Å². The summed E-state index contributed by atoms with van der Waals surface area (Å²) in [6.45, 7) is 1.50. The van der Waals surface area contributed by atoms with E-state index in [4.69, 9.17) is 16.3 Å². The molecule has 2 N–H and O–H groups in total. The fraction of sp³-hybridized carbons (Fsp3) is 0.412. The van der Waals surface area contributed by atoms with Crippen LogP contribution in [0.25, 0.3) is 11.3 Å². The molecular formula is C17H17ClF3N5O2. The number of carbonyl (C=O) groups excluding carboxylic acids is 1. The molecule has 0 aromatic carbocycles. The summed E-state index contributed by atoms with van der Waals surface area (Å²) in [4.78, 5) is 22.2. The molecule has 1 aliphatic rings. The van der Waals surface area contributed by atoms with E-state index < -0.39 is 11.9 Å². The van der Waals surface area contributed by atoms with Crippen molar-refractivity contribution in [3.05, 3.63) is 29.2 Å². The van der Waals surface area contributed by atoms with Crippen molar-refractivity contribution in [1.29, 1.82) is 0 Å². The number of amides is 1. The highest BCUT2D eigenvalue weighted by atomic mass is 35.5. The van der Waals surface area contributed by atoms with E-state index in [9.17, 15) is 18.0 Å². The van der Waals surface area contributed by atoms with Gasteiger partial charge in [0.1, 0.15) is 5.82 Å². The molecule has 0 bridgehead atoms. The SMILES string of the molecule is O=CNc1cc(-c2cnc(C(F)(F)F)c(NCC3CCOCC3)n2)c(Cl)cn1. The predicted molar refractivity (Wildman–Crippen MR) is 97.0 cm³/mol. The number of nitrogens with one attached hydrogen (secondary N) is 2. The molecule has 3 heterocycles. The zero-order valence-corrected chi connectivity index (χ0v) is 15.3. The van der Waals surface area contributed by atoms with E-state index in [2.05, 4.69) is 25.6 Å². The summed E-state index contributed by atoms with van der Waals surface area (Å²) in [5, 5.41) is 5.30. The summed E-state index contributed by atoms with van der Waals surface area (Å²) in [7, 11) is 0. The molecule has 28 heavy (non-hydrogen) atoms. The monoisotopic (exact) mass is 415 g/mol. The van der Waals surface area contributed by atoms with Crippen LogP contribution in [0.1, 0.15) is 18.5 Å². The number of halogens is 4. The Labute approximate surface area is 163 Å². The normalized spacial score (nSPS) is 15.3. The quantitative estimate of drug-likeness (QED) is 0.700. The predicted octanol–water partition coefficient (Wildman–Crippen LogP) is 3.62. The lowest BCUT2D eigenvalue weighted by Crippen LogP contribution is -2.24. The molecule has 0 spiro atoms. The van der Waals surface area contributed by atoms with Gasteiger partial charge in [0.25, 0.3) is 0 Å². The highest BCUT2D eigenvalue weighted by Crippen LogP contribution is 2.35. The third-order valence-corrected chi connectivity index (χ3v) is 4.58. The van der Waals surface area contributed by atoms with E-state index in [1.165, 1.54) is 12.3 Å². The summed E-state index contributed by atoms with van der Waals surface area (Å²) < 4.78 is 45.3. The van der Waals surface area contributed by atoms with Gasteiger partial charge in [-0.15, -0.1) is 0 Å². The molecule has 1 saturated heterocycles. The van der Waals surface area contributed by atoms with Gasteiger partial charge in [0.2, 0.25) is 6.41 Å². The molecule has 0 aliphatic carbocycles. The maximum absolute atomic E-state index is 13.3. The van der Waals surface area contributed by atoms with Gasteiger partial charge < -0.3 is 15.4 Å². The van der Waals surface area contributed by atoms with Crippen LogP contribution in [-0.2, 0) is 15.7 Å². The summed E-state index contributed by atoms with van der Waals surface area (Å²) in [6, 6.07) is 1.41. The summed E-state index contributed by atoms with van der Waals surface area (Å²) in [5.41, 5.74) is -0.667. The summed E-state index contributed by atoms with van der Waals surface area (Å²) >= 11 is 6.11. The van der Waals surface area contributed by atoms with E-state index in [1.54, 1.807) is 0 Å². The topological polar surface area (TPSA) is 89.0 Å².